The molecule has 1 nitrogen and oxygen atoms in total. The van der Waals surface area contributed by atoms with E-state index in [1.165, 1.54) is 16.0 Å². The van der Waals surface area contributed by atoms with Crippen LogP contribution in [-0.4, -0.2) is 5.54 Å². The fraction of sp³-hybridized carbons (Fsp3) is 0.333. The lowest BCUT2D eigenvalue weighted by molar-refractivity contribution is 0.579. The molecule has 0 fully saturated rings. The highest BCUT2D eigenvalue weighted by Crippen LogP contribution is 2.40. The van der Waals surface area contributed by atoms with Crippen molar-refractivity contribution in [3.05, 3.63) is 41.5 Å². The Bertz CT molecular complexity index is 365. The molecule has 0 saturated heterocycles. The first-order valence-electron chi connectivity index (χ1n) is 4.82. The van der Waals surface area contributed by atoms with Gasteiger partial charge in [-0.2, -0.15) is 0 Å². The van der Waals surface area contributed by atoms with Crippen LogP contribution in [0.25, 0.3) is 4.91 Å². The summed E-state index contributed by atoms with van der Waals surface area (Å²) < 4.78 is 3.44. The van der Waals surface area contributed by atoms with E-state index >= 15 is 0 Å². The molecule has 0 amide bonds. The first-order chi connectivity index (χ1) is 6.61. The van der Waals surface area contributed by atoms with Gasteiger partial charge in [-0.1, -0.05) is 30.3 Å². The first-order valence-corrected chi connectivity index (χ1v) is 5.64. The van der Waals surface area contributed by atoms with Gasteiger partial charge in [0.15, 0.2) is 0 Å². The van der Waals surface area contributed by atoms with E-state index in [1.807, 2.05) is 0 Å². The van der Waals surface area contributed by atoms with E-state index in [-0.39, 0.29) is 5.54 Å². The number of benzene rings is 1. The maximum absolute atomic E-state index is 3.44. The van der Waals surface area contributed by atoms with Crippen LogP contribution in [0.3, 0.4) is 0 Å². The van der Waals surface area contributed by atoms with Crippen molar-refractivity contribution in [2.45, 2.75) is 26.3 Å². The van der Waals surface area contributed by atoms with Crippen molar-refractivity contribution in [3.8, 4) is 0 Å². The summed E-state index contributed by atoms with van der Waals surface area (Å²) in [4.78, 5) is 1.37. The molecule has 2 rings (SSSR count). The average molecular weight is 205 g/mol. The van der Waals surface area contributed by atoms with Gasteiger partial charge in [0.2, 0.25) is 0 Å². The molecule has 0 atom stereocenters. The van der Waals surface area contributed by atoms with Gasteiger partial charge in [-0.15, -0.1) is 0 Å². The Morgan fingerprint density at radius 3 is 2.29 bits per heavy atom. The van der Waals surface area contributed by atoms with Gasteiger partial charge in [0.1, 0.15) is 0 Å². The van der Waals surface area contributed by atoms with Crippen molar-refractivity contribution in [1.29, 1.82) is 0 Å². The van der Waals surface area contributed by atoms with Crippen molar-refractivity contribution >= 4 is 16.9 Å². The van der Waals surface area contributed by atoms with Gasteiger partial charge in [-0.3, -0.25) is 4.72 Å². The molecule has 0 aromatic heterocycles. The van der Waals surface area contributed by atoms with Crippen molar-refractivity contribution in [2.24, 2.45) is 0 Å². The summed E-state index contributed by atoms with van der Waals surface area (Å²) in [5.74, 6) is 0. The Balaban J connectivity index is 2.42. The molecular weight excluding hydrogens is 190 g/mol. The number of rotatable bonds is 1. The van der Waals surface area contributed by atoms with E-state index in [9.17, 15) is 0 Å². The van der Waals surface area contributed by atoms with Gasteiger partial charge in [-0.05, 0) is 43.9 Å². The zero-order valence-corrected chi connectivity index (χ0v) is 9.61. The molecule has 0 aliphatic carbocycles. The second-order valence-electron chi connectivity index (χ2n) is 4.15. The minimum atomic E-state index is 0.121. The Labute approximate surface area is 89.7 Å². The van der Waals surface area contributed by atoms with Gasteiger partial charge in [0.05, 0.1) is 0 Å². The standard InChI is InChI=1S/C12H15NS/c1-9-11(14-13-12(9,2)3)10-7-5-4-6-8-10/h4-8,13H,1-3H3. The third-order valence-electron chi connectivity index (χ3n) is 2.72. The average Bonchev–Trinajstić information content (AvgIpc) is 2.44. The third-order valence-corrected chi connectivity index (χ3v) is 4.08. The maximum atomic E-state index is 3.44. The van der Waals surface area contributed by atoms with Crippen LogP contribution in [-0.2, 0) is 0 Å². The van der Waals surface area contributed by atoms with E-state index in [0.717, 1.165) is 0 Å². The largest absolute Gasteiger partial charge is 0.250 e. The number of hydrogen-bond donors (Lipinski definition) is 1. The van der Waals surface area contributed by atoms with Crippen LogP contribution >= 0.6 is 11.9 Å². The fourth-order valence-corrected chi connectivity index (χ4v) is 2.65. The van der Waals surface area contributed by atoms with Crippen LogP contribution in [0, 0.1) is 0 Å². The minimum Gasteiger partial charge on any atom is -0.250 e. The lowest BCUT2D eigenvalue weighted by Crippen LogP contribution is -2.31. The minimum absolute atomic E-state index is 0.121. The highest BCUT2D eigenvalue weighted by atomic mass is 32.2. The molecule has 0 unspecified atom stereocenters. The molecular formula is C12H15NS. The Hall–Kier alpha value is -0.730. The lowest BCUT2D eigenvalue weighted by Gasteiger charge is -2.18. The molecule has 14 heavy (non-hydrogen) atoms. The lowest BCUT2D eigenvalue weighted by atomic mass is 9.95. The van der Waals surface area contributed by atoms with Crippen LogP contribution in [0.1, 0.15) is 26.3 Å². The molecule has 1 aliphatic rings. The molecule has 1 heterocycles. The molecule has 2 heteroatoms. The highest BCUT2D eigenvalue weighted by molar-refractivity contribution is 8.06. The zero-order valence-electron chi connectivity index (χ0n) is 8.79. The summed E-state index contributed by atoms with van der Waals surface area (Å²) in [5.41, 5.74) is 2.86. The molecule has 0 bridgehead atoms. The monoisotopic (exact) mass is 205 g/mol. The summed E-state index contributed by atoms with van der Waals surface area (Å²) in [6.07, 6.45) is 0. The molecule has 74 valence electrons. The normalized spacial score (nSPS) is 20.2. The third kappa shape index (κ3) is 1.60. The quantitative estimate of drug-likeness (QED) is 0.705. The molecule has 0 radical (unpaired) electrons. The van der Waals surface area contributed by atoms with Crippen LogP contribution < -0.4 is 4.72 Å². The van der Waals surface area contributed by atoms with Crippen molar-refractivity contribution in [3.63, 3.8) is 0 Å². The Morgan fingerprint density at radius 2 is 1.79 bits per heavy atom. The van der Waals surface area contributed by atoms with Gasteiger partial charge in [0.25, 0.3) is 0 Å². The van der Waals surface area contributed by atoms with Gasteiger partial charge in [0, 0.05) is 10.4 Å². The topological polar surface area (TPSA) is 12.0 Å². The van der Waals surface area contributed by atoms with Crippen LogP contribution in [0.15, 0.2) is 35.9 Å². The van der Waals surface area contributed by atoms with Crippen molar-refractivity contribution in [1.82, 2.24) is 4.72 Å². The summed E-state index contributed by atoms with van der Waals surface area (Å²) in [6, 6.07) is 10.5. The first kappa shape index (κ1) is 9.81. The van der Waals surface area contributed by atoms with Gasteiger partial charge >= 0.3 is 0 Å². The number of hydrogen-bond acceptors (Lipinski definition) is 2. The summed E-state index contributed by atoms with van der Waals surface area (Å²) in [6.45, 7) is 6.63. The second kappa shape index (κ2) is 3.44. The van der Waals surface area contributed by atoms with E-state index < -0.39 is 0 Å². The van der Waals surface area contributed by atoms with Crippen LogP contribution in [0.2, 0.25) is 0 Å². The molecule has 1 aliphatic heterocycles. The van der Waals surface area contributed by atoms with E-state index in [0.29, 0.717) is 0 Å². The zero-order chi connectivity index (χ0) is 10.2. The predicted molar refractivity (Wildman–Crippen MR) is 63.8 cm³/mol. The summed E-state index contributed by atoms with van der Waals surface area (Å²) >= 11 is 1.74. The molecule has 0 spiro atoms. The van der Waals surface area contributed by atoms with Crippen LogP contribution in [0.4, 0.5) is 0 Å². The van der Waals surface area contributed by atoms with E-state index in [4.69, 9.17) is 0 Å². The Morgan fingerprint density at radius 1 is 1.14 bits per heavy atom. The van der Waals surface area contributed by atoms with Gasteiger partial charge < -0.3 is 0 Å². The van der Waals surface area contributed by atoms with E-state index in [1.54, 1.807) is 11.9 Å². The van der Waals surface area contributed by atoms with E-state index in [2.05, 4.69) is 55.8 Å². The second-order valence-corrected chi connectivity index (χ2v) is 4.97. The Kier molecular flexibility index (Phi) is 2.41. The molecule has 0 saturated carbocycles. The highest BCUT2D eigenvalue weighted by Gasteiger charge is 2.30. The molecule has 1 aromatic carbocycles. The fourth-order valence-electron chi connectivity index (χ4n) is 1.48. The maximum Gasteiger partial charge on any atom is 0.0450 e. The van der Waals surface area contributed by atoms with Crippen molar-refractivity contribution in [2.75, 3.05) is 0 Å². The summed E-state index contributed by atoms with van der Waals surface area (Å²) in [5, 5.41) is 0. The summed E-state index contributed by atoms with van der Waals surface area (Å²) in [7, 11) is 0. The smallest absolute Gasteiger partial charge is 0.0450 e. The van der Waals surface area contributed by atoms with Crippen molar-refractivity contribution < 1.29 is 0 Å². The predicted octanol–water partition coefficient (Wildman–Crippen LogP) is 3.45. The number of nitrogens with one attached hydrogen (secondary N) is 1. The molecule has 1 aromatic rings. The van der Waals surface area contributed by atoms with Gasteiger partial charge in [-0.25, -0.2) is 0 Å². The molecule has 1 N–H and O–H groups in total. The SMILES string of the molecule is CC1=C(c2ccccc2)SNC1(C)C. The van der Waals surface area contributed by atoms with Crippen LogP contribution in [0.5, 0.6) is 0 Å².